The Bertz CT molecular complexity index is 466. The van der Waals surface area contributed by atoms with Crippen LogP contribution in [-0.4, -0.2) is 29.2 Å². The highest BCUT2D eigenvalue weighted by atomic mass is 16.6. The maximum Gasteiger partial charge on any atom is 0.295 e. The van der Waals surface area contributed by atoms with Crippen molar-refractivity contribution in [2.75, 3.05) is 18.0 Å². The number of aliphatic hydroxyl groups excluding tert-OH is 1. The van der Waals surface area contributed by atoms with Crippen molar-refractivity contribution < 1.29 is 10.0 Å². The lowest BCUT2D eigenvalue weighted by atomic mass is 9.92. The van der Waals surface area contributed by atoms with Gasteiger partial charge in [-0.2, -0.15) is 0 Å². The van der Waals surface area contributed by atoms with Gasteiger partial charge in [-0.15, -0.1) is 0 Å². The summed E-state index contributed by atoms with van der Waals surface area (Å²) in [5, 5.41) is 20.8. The van der Waals surface area contributed by atoms with Gasteiger partial charge in [0.15, 0.2) is 0 Å². The number of nitro groups is 1. The maximum absolute atomic E-state index is 11.2. The third-order valence-electron chi connectivity index (χ3n) is 3.96. The van der Waals surface area contributed by atoms with Gasteiger partial charge >= 0.3 is 0 Å². The molecule has 0 saturated carbocycles. The zero-order valence-corrected chi connectivity index (χ0v) is 11.4. The van der Waals surface area contributed by atoms with Crippen molar-refractivity contribution in [3.63, 3.8) is 0 Å². The van der Waals surface area contributed by atoms with E-state index in [1.165, 1.54) is 0 Å². The van der Waals surface area contributed by atoms with Crippen molar-refractivity contribution in [1.29, 1.82) is 0 Å². The molecule has 0 radical (unpaired) electrons. The Morgan fingerprint density at radius 3 is 2.58 bits per heavy atom. The molecule has 1 heterocycles. The molecule has 0 amide bonds. The fourth-order valence-corrected chi connectivity index (χ4v) is 2.76. The van der Waals surface area contributed by atoms with E-state index >= 15 is 0 Å². The highest BCUT2D eigenvalue weighted by molar-refractivity contribution is 5.66. The number of hydrogen-bond donors (Lipinski definition) is 1. The number of para-hydroxylation sites is 1. The molecule has 19 heavy (non-hydrogen) atoms. The molecule has 0 bridgehead atoms. The van der Waals surface area contributed by atoms with E-state index in [-0.39, 0.29) is 16.7 Å². The molecule has 5 nitrogen and oxygen atoms in total. The predicted octanol–water partition coefficient (Wildman–Crippen LogP) is 2.50. The first-order valence-corrected chi connectivity index (χ1v) is 6.67. The summed E-state index contributed by atoms with van der Waals surface area (Å²) in [5.41, 5.74) is 1.60. The molecule has 1 aromatic carbocycles. The topological polar surface area (TPSA) is 66.6 Å². The minimum Gasteiger partial charge on any atom is -0.393 e. The van der Waals surface area contributed by atoms with E-state index in [0.29, 0.717) is 17.2 Å². The number of hydrogen-bond acceptors (Lipinski definition) is 4. The number of aryl methyl sites for hydroxylation is 1. The molecule has 2 rings (SSSR count). The average Bonchev–Trinajstić information content (AvgIpc) is 2.38. The van der Waals surface area contributed by atoms with Crippen LogP contribution in [0.2, 0.25) is 0 Å². The lowest BCUT2D eigenvalue weighted by molar-refractivity contribution is -0.384. The molecular formula is C14H20N2O3. The minimum atomic E-state index is -0.300. The number of piperidine rings is 1. The van der Waals surface area contributed by atoms with Gasteiger partial charge in [-0.25, -0.2) is 0 Å². The Hall–Kier alpha value is -1.62. The summed E-state index contributed by atoms with van der Waals surface area (Å²) in [6.45, 7) is 5.11. The Kier molecular flexibility index (Phi) is 4.04. The Morgan fingerprint density at radius 2 is 2.05 bits per heavy atom. The zero-order valence-electron chi connectivity index (χ0n) is 11.4. The van der Waals surface area contributed by atoms with Crippen LogP contribution in [0.1, 0.15) is 25.3 Å². The quantitative estimate of drug-likeness (QED) is 0.673. The van der Waals surface area contributed by atoms with Crippen molar-refractivity contribution in [1.82, 2.24) is 0 Å². The number of anilines is 1. The highest BCUT2D eigenvalue weighted by Crippen LogP contribution is 2.34. The predicted molar refractivity (Wildman–Crippen MR) is 74.5 cm³/mol. The van der Waals surface area contributed by atoms with Gasteiger partial charge in [0, 0.05) is 18.7 Å². The summed E-state index contributed by atoms with van der Waals surface area (Å²) < 4.78 is 0. The molecule has 0 aromatic heterocycles. The second-order valence-corrected chi connectivity index (χ2v) is 5.26. The number of benzene rings is 1. The Balaban J connectivity index is 2.20. The molecular weight excluding hydrogens is 244 g/mol. The lowest BCUT2D eigenvalue weighted by Gasteiger charge is -2.34. The largest absolute Gasteiger partial charge is 0.393 e. The van der Waals surface area contributed by atoms with Crippen molar-refractivity contribution in [2.24, 2.45) is 5.92 Å². The van der Waals surface area contributed by atoms with Crippen LogP contribution in [0.25, 0.3) is 0 Å². The van der Waals surface area contributed by atoms with Crippen molar-refractivity contribution in [2.45, 2.75) is 32.8 Å². The summed E-state index contributed by atoms with van der Waals surface area (Å²) >= 11 is 0. The van der Waals surface area contributed by atoms with E-state index in [1.54, 1.807) is 13.0 Å². The third kappa shape index (κ3) is 2.87. The molecule has 1 saturated heterocycles. The molecule has 1 unspecified atom stereocenters. The Labute approximate surface area is 113 Å². The normalized spacial score (nSPS) is 18.4. The third-order valence-corrected chi connectivity index (χ3v) is 3.96. The first kappa shape index (κ1) is 13.8. The van der Waals surface area contributed by atoms with Crippen LogP contribution >= 0.6 is 0 Å². The summed E-state index contributed by atoms with van der Waals surface area (Å²) in [6.07, 6.45) is 1.46. The van der Waals surface area contributed by atoms with Crippen LogP contribution in [-0.2, 0) is 0 Å². The van der Waals surface area contributed by atoms with E-state index in [1.807, 2.05) is 19.1 Å². The smallest absolute Gasteiger partial charge is 0.295 e. The van der Waals surface area contributed by atoms with Gasteiger partial charge in [-0.3, -0.25) is 10.1 Å². The maximum atomic E-state index is 11.2. The van der Waals surface area contributed by atoms with E-state index in [2.05, 4.69) is 4.90 Å². The summed E-state index contributed by atoms with van der Waals surface area (Å²) in [4.78, 5) is 13.0. The molecule has 0 aliphatic carbocycles. The van der Waals surface area contributed by atoms with Crippen molar-refractivity contribution >= 4 is 11.4 Å². The highest BCUT2D eigenvalue weighted by Gasteiger charge is 2.27. The number of rotatable bonds is 3. The molecule has 1 N–H and O–H groups in total. The molecule has 5 heteroatoms. The van der Waals surface area contributed by atoms with Crippen molar-refractivity contribution in [3.05, 3.63) is 33.9 Å². The van der Waals surface area contributed by atoms with Gasteiger partial charge in [0.05, 0.1) is 11.0 Å². The van der Waals surface area contributed by atoms with Gasteiger partial charge in [0.2, 0.25) is 0 Å². The fraction of sp³-hybridized carbons (Fsp3) is 0.571. The van der Waals surface area contributed by atoms with E-state index < -0.39 is 0 Å². The second kappa shape index (κ2) is 5.57. The van der Waals surface area contributed by atoms with Gasteiger partial charge in [-0.1, -0.05) is 12.1 Å². The first-order valence-electron chi connectivity index (χ1n) is 6.67. The molecule has 1 aliphatic heterocycles. The Morgan fingerprint density at radius 1 is 1.42 bits per heavy atom. The average molecular weight is 264 g/mol. The van der Waals surface area contributed by atoms with Gasteiger partial charge in [0.1, 0.15) is 5.69 Å². The first-order chi connectivity index (χ1) is 9.00. The summed E-state index contributed by atoms with van der Waals surface area (Å²) in [7, 11) is 0. The standard InChI is InChI=1S/C14H20N2O3/c1-10-4-3-5-13(14(10)16(18)19)15-8-6-12(7-9-15)11(2)17/h3-5,11-12,17H,6-9H2,1-2H3. The summed E-state index contributed by atoms with van der Waals surface area (Å²) in [6, 6.07) is 5.44. The molecule has 1 fully saturated rings. The van der Waals surface area contributed by atoms with E-state index in [4.69, 9.17) is 0 Å². The zero-order chi connectivity index (χ0) is 14.0. The number of aliphatic hydroxyl groups is 1. The fourth-order valence-electron chi connectivity index (χ4n) is 2.76. The SMILES string of the molecule is Cc1cccc(N2CCC(C(C)O)CC2)c1[N+](=O)[O-]. The lowest BCUT2D eigenvalue weighted by Crippen LogP contribution is -2.37. The minimum absolute atomic E-state index is 0.206. The van der Waals surface area contributed by atoms with Gasteiger partial charge < -0.3 is 10.0 Å². The van der Waals surface area contributed by atoms with Crippen molar-refractivity contribution in [3.8, 4) is 0 Å². The van der Waals surface area contributed by atoms with Crippen LogP contribution in [0.5, 0.6) is 0 Å². The van der Waals surface area contributed by atoms with Crippen LogP contribution in [0.3, 0.4) is 0 Å². The molecule has 1 aromatic rings. The number of nitrogens with zero attached hydrogens (tertiary/aromatic N) is 2. The summed E-state index contributed by atoms with van der Waals surface area (Å²) in [5.74, 6) is 0.306. The van der Waals surface area contributed by atoms with Crippen LogP contribution in [0.4, 0.5) is 11.4 Å². The molecule has 104 valence electrons. The van der Waals surface area contributed by atoms with Crippen LogP contribution in [0, 0.1) is 23.0 Å². The molecule has 1 aliphatic rings. The van der Waals surface area contributed by atoms with E-state index in [9.17, 15) is 15.2 Å². The van der Waals surface area contributed by atoms with Gasteiger partial charge in [0.25, 0.3) is 5.69 Å². The molecule has 1 atom stereocenters. The monoisotopic (exact) mass is 264 g/mol. The molecule has 0 spiro atoms. The van der Waals surface area contributed by atoms with Crippen LogP contribution in [0.15, 0.2) is 18.2 Å². The van der Waals surface area contributed by atoms with E-state index in [0.717, 1.165) is 25.9 Å². The van der Waals surface area contributed by atoms with Gasteiger partial charge in [-0.05, 0) is 38.7 Å². The number of nitro benzene ring substituents is 1. The van der Waals surface area contributed by atoms with Crippen LogP contribution < -0.4 is 4.90 Å². The second-order valence-electron chi connectivity index (χ2n) is 5.26.